The first-order valence-electron chi connectivity index (χ1n) is 16.6. The molecule has 8 rings (SSSR count). The van der Waals surface area contributed by atoms with Crippen molar-refractivity contribution in [2.75, 3.05) is 4.90 Å². The van der Waals surface area contributed by atoms with E-state index in [-0.39, 0.29) is 5.41 Å². The van der Waals surface area contributed by atoms with E-state index in [2.05, 4.69) is 163 Å². The zero-order valence-corrected chi connectivity index (χ0v) is 28.4. The van der Waals surface area contributed by atoms with Crippen LogP contribution in [0.2, 0.25) is 0 Å². The first-order valence-corrected chi connectivity index (χ1v) is 16.6. The molecule has 0 atom stereocenters. The Morgan fingerprint density at radius 3 is 2.10 bits per heavy atom. The van der Waals surface area contributed by atoms with Crippen LogP contribution in [0.1, 0.15) is 41.7 Å². The van der Waals surface area contributed by atoms with Crippen molar-refractivity contribution in [3.05, 3.63) is 156 Å². The summed E-state index contributed by atoms with van der Waals surface area (Å²) in [5.41, 5.74) is 16.2. The predicted octanol–water partition coefficient (Wildman–Crippen LogP) is 10.6. The lowest BCUT2D eigenvalue weighted by Gasteiger charge is -2.42. The number of benzene rings is 5. The number of hydrogen-bond donors (Lipinski definition) is 0. The summed E-state index contributed by atoms with van der Waals surface area (Å²) in [5.74, 6) is 0.940. The molecule has 0 fully saturated rings. The van der Waals surface area contributed by atoms with Crippen LogP contribution < -0.4 is 4.90 Å². The highest BCUT2D eigenvalue weighted by Crippen LogP contribution is 2.52. The zero-order chi connectivity index (χ0) is 33.2. The Bertz CT molecular complexity index is 2300. The van der Waals surface area contributed by atoms with E-state index >= 15 is 0 Å². The number of fused-ring (bicyclic) bond motifs is 2. The summed E-state index contributed by atoms with van der Waals surface area (Å²) in [7, 11) is 2.04. The van der Waals surface area contributed by atoms with Crippen molar-refractivity contribution in [2.24, 2.45) is 7.05 Å². The van der Waals surface area contributed by atoms with Gasteiger partial charge in [0, 0.05) is 47.2 Å². The number of para-hydroxylation sites is 1. The number of aryl methyl sites for hydroxylation is 4. The number of rotatable bonds is 5. The molecule has 0 amide bonds. The first kappa shape index (κ1) is 29.7. The summed E-state index contributed by atoms with van der Waals surface area (Å²) < 4.78 is 4.21. The van der Waals surface area contributed by atoms with Crippen LogP contribution in [0.15, 0.2) is 128 Å². The molecule has 236 valence electrons. The molecule has 5 heteroatoms. The minimum absolute atomic E-state index is 0.204. The van der Waals surface area contributed by atoms with Gasteiger partial charge >= 0.3 is 0 Å². The van der Waals surface area contributed by atoms with Crippen LogP contribution in [-0.2, 0) is 12.5 Å². The number of nitrogens with zero attached hydrogens (tertiary/aromatic N) is 5. The molecule has 0 spiro atoms. The van der Waals surface area contributed by atoms with Gasteiger partial charge in [-0.05, 0) is 78.9 Å². The molecule has 0 saturated carbocycles. The van der Waals surface area contributed by atoms with E-state index in [1.54, 1.807) is 0 Å². The van der Waals surface area contributed by atoms with Crippen molar-refractivity contribution >= 4 is 17.1 Å². The Kier molecular flexibility index (Phi) is 6.95. The molecule has 1 aliphatic rings. The van der Waals surface area contributed by atoms with E-state index in [1.165, 1.54) is 39.1 Å². The van der Waals surface area contributed by atoms with Gasteiger partial charge in [0.1, 0.15) is 5.82 Å². The van der Waals surface area contributed by atoms with E-state index < -0.39 is 0 Å². The molecule has 7 aromatic rings. The number of anilines is 3. The number of imidazole rings is 1. The normalized spacial score (nSPS) is 13.3. The number of hydrogen-bond acceptors (Lipinski definition) is 3. The van der Waals surface area contributed by atoms with E-state index in [1.807, 2.05) is 25.6 Å². The summed E-state index contributed by atoms with van der Waals surface area (Å²) in [4.78, 5) is 7.07. The summed E-state index contributed by atoms with van der Waals surface area (Å²) in [6.07, 6.45) is 5.87. The molecule has 48 heavy (non-hydrogen) atoms. The minimum atomic E-state index is -0.204. The van der Waals surface area contributed by atoms with E-state index in [9.17, 15) is 0 Å². The second kappa shape index (κ2) is 11.2. The average molecular weight is 626 g/mol. The third kappa shape index (κ3) is 4.69. The molecule has 3 heterocycles. The average Bonchev–Trinajstić information content (AvgIpc) is 3.71. The fraction of sp³-hybridized carbons (Fsp3) is 0.163. The highest BCUT2D eigenvalue weighted by molar-refractivity contribution is 5.89. The van der Waals surface area contributed by atoms with Gasteiger partial charge in [-0.15, -0.1) is 0 Å². The lowest BCUT2D eigenvalue weighted by atomic mass is 9.73. The van der Waals surface area contributed by atoms with Crippen molar-refractivity contribution < 1.29 is 0 Å². The molecule has 5 nitrogen and oxygen atoms in total. The van der Waals surface area contributed by atoms with Crippen LogP contribution in [0.5, 0.6) is 0 Å². The molecule has 0 aliphatic carbocycles. The Hall–Kier alpha value is -5.68. The highest BCUT2D eigenvalue weighted by Gasteiger charge is 2.37. The molecule has 0 radical (unpaired) electrons. The third-order valence-electron chi connectivity index (χ3n) is 9.91. The van der Waals surface area contributed by atoms with Crippen molar-refractivity contribution in [1.82, 2.24) is 19.3 Å². The standard InChI is InChI=1S/C43H39N5/c1-28-23-29(2)40(30(3)24-28)41-35(31-13-8-7-9-14-31)27-45-48(41)34-19-20-37-39(26-34)47(38-18-11-10-17-36(38)43(37,4)5)33-16-12-15-32(25-33)42-44-21-22-46(42)6/h7-27H,1-6H3. The van der Waals surface area contributed by atoms with Gasteiger partial charge in [-0.1, -0.05) is 98.3 Å². The van der Waals surface area contributed by atoms with Crippen LogP contribution in [0.3, 0.4) is 0 Å². The quantitative estimate of drug-likeness (QED) is 0.191. The van der Waals surface area contributed by atoms with Crippen LogP contribution in [-0.4, -0.2) is 19.3 Å². The first-order chi connectivity index (χ1) is 23.2. The maximum Gasteiger partial charge on any atom is 0.139 e. The number of aromatic nitrogens is 4. The molecule has 1 aliphatic heterocycles. The fourth-order valence-electron chi connectivity index (χ4n) is 7.71. The third-order valence-corrected chi connectivity index (χ3v) is 9.91. The van der Waals surface area contributed by atoms with Crippen LogP contribution >= 0.6 is 0 Å². The highest BCUT2D eigenvalue weighted by atomic mass is 15.3. The van der Waals surface area contributed by atoms with Crippen LogP contribution in [0, 0.1) is 20.8 Å². The lowest BCUT2D eigenvalue weighted by Crippen LogP contribution is -2.30. The summed E-state index contributed by atoms with van der Waals surface area (Å²) in [6.45, 7) is 11.3. The van der Waals surface area contributed by atoms with Gasteiger partial charge in [-0.3, -0.25) is 0 Å². The van der Waals surface area contributed by atoms with E-state index in [0.717, 1.165) is 45.3 Å². The van der Waals surface area contributed by atoms with Crippen molar-refractivity contribution in [3.8, 4) is 39.5 Å². The van der Waals surface area contributed by atoms with Gasteiger partial charge in [-0.25, -0.2) is 9.67 Å². The Labute approximate surface area is 282 Å². The van der Waals surface area contributed by atoms with Crippen molar-refractivity contribution in [2.45, 2.75) is 40.0 Å². The topological polar surface area (TPSA) is 38.9 Å². The summed E-state index contributed by atoms with van der Waals surface area (Å²) in [5, 5.41) is 5.12. The molecule has 0 bridgehead atoms. The van der Waals surface area contributed by atoms with Gasteiger partial charge < -0.3 is 9.47 Å². The Balaban J connectivity index is 1.37. The van der Waals surface area contributed by atoms with E-state index in [0.29, 0.717) is 0 Å². The SMILES string of the molecule is Cc1cc(C)c(-c2c(-c3ccccc3)cnn2-c2ccc3c(c2)N(c2cccc(-c4nccn4C)c2)c2ccccc2C3(C)C)c(C)c1. The van der Waals surface area contributed by atoms with Gasteiger partial charge in [0.25, 0.3) is 0 Å². The molecule has 2 aromatic heterocycles. The van der Waals surface area contributed by atoms with Crippen LogP contribution in [0.4, 0.5) is 17.1 Å². The monoisotopic (exact) mass is 625 g/mol. The minimum Gasteiger partial charge on any atom is -0.334 e. The van der Waals surface area contributed by atoms with Gasteiger partial charge in [0.2, 0.25) is 0 Å². The second-order valence-electron chi connectivity index (χ2n) is 13.5. The maximum absolute atomic E-state index is 5.12. The molecule has 0 N–H and O–H groups in total. The molecule has 0 saturated heterocycles. The Morgan fingerprint density at radius 2 is 1.35 bits per heavy atom. The van der Waals surface area contributed by atoms with E-state index in [4.69, 9.17) is 5.10 Å². The van der Waals surface area contributed by atoms with Gasteiger partial charge in [0.15, 0.2) is 0 Å². The molecular weight excluding hydrogens is 587 g/mol. The smallest absolute Gasteiger partial charge is 0.139 e. The maximum atomic E-state index is 5.12. The summed E-state index contributed by atoms with van der Waals surface area (Å²) >= 11 is 0. The predicted molar refractivity (Wildman–Crippen MR) is 198 cm³/mol. The summed E-state index contributed by atoms with van der Waals surface area (Å²) in [6, 6.07) is 39.5. The fourth-order valence-corrected chi connectivity index (χ4v) is 7.71. The van der Waals surface area contributed by atoms with Crippen LogP contribution in [0.25, 0.3) is 39.5 Å². The molecular formula is C43H39N5. The van der Waals surface area contributed by atoms with Crippen molar-refractivity contribution in [3.63, 3.8) is 0 Å². The second-order valence-corrected chi connectivity index (χ2v) is 13.5. The largest absolute Gasteiger partial charge is 0.334 e. The van der Waals surface area contributed by atoms with Crippen molar-refractivity contribution in [1.29, 1.82) is 0 Å². The molecule has 0 unspecified atom stereocenters. The van der Waals surface area contributed by atoms with Gasteiger partial charge in [0.05, 0.1) is 29.0 Å². The lowest BCUT2D eigenvalue weighted by molar-refractivity contribution is 0.631. The molecule has 5 aromatic carbocycles. The zero-order valence-electron chi connectivity index (χ0n) is 28.4. The van der Waals surface area contributed by atoms with Gasteiger partial charge in [-0.2, -0.15) is 5.10 Å². The Morgan fingerprint density at radius 1 is 0.646 bits per heavy atom.